The van der Waals surface area contributed by atoms with E-state index in [4.69, 9.17) is 21.1 Å². The van der Waals surface area contributed by atoms with Gasteiger partial charge in [0.15, 0.2) is 0 Å². The zero-order chi connectivity index (χ0) is 25.0. The molecule has 7 nitrogen and oxygen atoms in total. The molecule has 2 aromatic carbocycles. The summed E-state index contributed by atoms with van der Waals surface area (Å²) in [7, 11) is 5.34. The van der Waals surface area contributed by atoms with Gasteiger partial charge in [-0.05, 0) is 76.3 Å². The number of amides is 1. The molecule has 182 valence electrons. The van der Waals surface area contributed by atoms with Crippen molar-refractivity contribution in [2.24, 2.45) is 0 Å². The first-order chi connectivity index (χ1) is 16.2. The van der Waals surface area contributed by atoms with E-state index in [0.717, 1.165) is 12.1 Å². The highest BCUT2D eigenvalue weighted by atomic mass is 35.5. The van der Waals surface area contributed by atoms with Crippen molar-refractivity contribution in [3.05, 3.63) is 63.7 Å². The zero-order valence-corrected chi connectivity index (χ0v) is 21.0. The topological polar surface area (TPSA) is 79.3 Å². The molecule has 3 rings (SSSR count). The van der Waals surface area contributed by atoms with E-state index in [1.165, 1.54) is 12.0 Å². The summed E-state index contributed by atoms with van der Waals surface area (Å²) in [4.78, 5) is 29.9. The third kappa shape index (κ3) is 5.21. The van der Waals surface area contributed by atoms with Crippen LogP contribution < -0.4 is 9.47 Å². The van der Waals surface area contributed by atoms with Crippen LogP contribution in [0.25, 0.3) is 5.76 Å². The van der Waals surface area contributed by atoms with Gasteiger partial charge in [0, 0.05) is 6.54 Å². The molecule has 8 heteroatoms. The molecular formula is C26H31ClN2O5. The minimum atomic E-state index is -0.772. The molecule has 0 aliphatic carbocycles. The number of ketones is 1. The first kappa shape index (κ1) is 25.6. The van der Waals surface area contributed by atoms with Crippen molar-refractivity contribution in [1.82, 2.24) is 9.80 Å². The number of likely N-dealkylation sites (tertiary alicyclic amines) is 1. The van der Waals surface area contributed by atoms with Crippen molar-refractivity contribution in [3.8, 4) is 11.5 Å². The van der Waals surface area contributed by atoms with Gasteiger partial charge in [-0.1, -0.05) is 23.7 Å². The number of rotatable bonds is 9. The number of hydrogen-bond acceptors (Lipinski definition) is 6. The Kier molecular flexibility index (Phi) is 8.23. The molecule has 1 aliphatic rings. The van der Waals surface area contributed by atoms with Crippen LogP contribution in [0.5, 0.6) is 11.5 Å². The van der Waals surface area contributed by atoms with Crippen LogP contribution in [0.4, 0.5) is 0 Å². The number of ether oxygens (including phenoxy) is 2. The predicted octanol–water partition coefficient (Wildman–Crippen LogP) is 4.43. The van der Waals surface area contributed by atoms with Crippen molar-refractivity contribution in [1.29, 1.82) is 0 Å². The highest BCUT2D eigenvalue weighted by Crippen LogP contribution is 2.43. The molecule has 1 atom stereocenters. The van der Waals surface area contributed by atoms with E-state index in [-0.39, 0.29) is 22.6 Å². The summed E-state index contributed by atoms with van der Waals surface area (Å²) in [5.74, 6) is -0.846. The van der Waals surface area contributed by atoms with Crippen LogP contribution in [-0.2, 0) is 9.59 Å². The molecule has 2 aromatic rings. The van der Waals surface area contributed by atoms with Gasteiger partial charge >= 0.3 is 0 Å². The Morgan fingerprint density at radius 1 is 1.21 bits per heavy atom. The molecule has 0 aromatic heterocycles. The second kappa shape index (κ2) is 10.9. The van der Waals surface area contributed by atoms with Gasteiger partial charge in [0.1, 0.15) is 17.3 Å². The second-order valence-electron chi connectivity index (χ2n) is 8.48. The van der Waals surface area contributed by atoms with E-state index in [2.05, 4.69) is 0 Å². The fourth-order valence-electron chi connectivity index (χ4n) is 4.21. The molecule has 1 fully saturated rings. The Balaban J connectivity index is 2.20. The first-order valence-corrected chi connectivity index (χ1v) is 11.6. The molecule has 1 saturated heterocycles. The standard InChI is InChI=1S/C26H31ClN2O5/c1-6-34-18-10-7-9-17(15-18)22-21(24(31)26(32)29(22)12-8-11-28(3)4)23(30)19-13-16(2)14-20(27)25(19)33-5/h7,9-10,13-15,22,30H,6,8,11-12H2,1-5H3/b23-21+. The third-order valence-electron chi connectivity index (χ3n) is 5.68. The summed E-state index contributed by atoms with van der Waals surface area (Å²) < 4.78 is 11.1. The lowest BCUT2D eigenvalue weighted by molar-refractivity contribution is -0.139. The second-order valence-corrected chi connectivity index (χ2v) is 8.89. The fraction of sp³-hybridized carbons (Fsp3) is 0.385. The maximum atomic E-state index is 13.3. The molecule has 0 bridgehead atoms. The largest absolute Gasteiger partial charge is 0.507 e. The number of nitrogens with zero attached hydrogens (tertiary/aromatic N) is 2. The molecule has 0 radical (unpaired) electrons. The molecule has 1 unspecified atom stereocenters. The summed E-state index contributed by atoms with van der Waals surface area (Å²) in [6.45, 7) is 5.29. The summed E-state index contributed by atoms with van der Waals surface area (Å²) in [5.41, 5.74) is 1.73. The van der Waals surface area contributed by atoms with E-state index < -0.39 is 17.7 Å². The molecule has 34 heavy (non-hydrogen) atoms. The lowest BCUT2D eigenvalue weighted by atomic mass is 9.94. The van der Waals surface area contributed by atoms with E-state index in [1.807, 2.05) is 51.0 Å². The predicted molar refractivity (Wildman–Crippen MR) is 133 cm³/mol. The number of aliphatic hydroxyl groups excluding tert-OH is 1. The number of carbonyl (C=O) groups is 2. The van der Waals surface area contributed by atoms with Gasteiger partial charge < -0.3 is 24.4 Å². The van der Waals surface area contributed by atoms with Crippen LogP contribution in [-0.4, -0.2) is 67.5 Å². The Labute approximate surface area is 205 Å². The number of carbonyl (C=O) groups excluding carboxylic acids is 2. The van der Waals surface area contributed by atoms with Gasteiger partial charge in [0.25, 0.3) is 11.7 Å². The van der Waals surface area contributed by atoms with Gasteiger partial charge in [-0.25, -0.2) is 0 Å². The van der Waals surface area contributed by atoms with Gasteiger partial charge in [-0.15, -0.1) is 0 Å². The lowest BCUT2D eigenvalue weighted by Crippen LogP contribution is -2.32. The Hall–Kier alpha value is -3.03. The summed E-state index contributed by atoms with van der Waals surface area (Å²) in [6, 6.07) is 9.87. The molecular weight excluding hydrogens is 456 g/mol. The summed E-state index contributed by atoms with van der Waals surface area (Å²) >= 11 is 6.34. The molecule has 1 N–H and O–H groups in total. The highest BCUT2D eigenvalue weighted by molar-refractivity contribution is 6.46. The fourth-order valence-corrected chi connectivity index (χ4v) is 4.56. The van der Waals surface area contributed by atoms with E-state index in [0.29, 0.717) is 35.9 Å². The van der Waals surface area contributed by atoms with Crippen LogP contribution in [0, 0.1) is 6.92 Å². The Morgan fingerprint density at radius 2 is 1.94 bits per heavy atom. The van der Waals surface area contributed by atoms with Gasteiger partial charge in [0.2, 0.25) is 0 Å². The van der Waals surface area contributed by atoms with E-state index in [9.17, 15) is 14.7 Å². The summed E-state index contributed by atoms with van der Waals surface area (Å²) in [5, 5.41) is 11.7. The van der Waals surface area contributed by atoms with Crippen molar-refractivity contribution >= 4 is 29.1 Å². The molecule has 1 amide bonds. The smallest absolute Gasteiger partial charge is 0.295 e. The van der Waals surface area contributed by atoms with Crippen LogP contribution in [0.3, 0.4) is 0 Å². The quantitative estimate of drug-likeness (QED) is 0.321. The van der Waals surface area contributed by atoms with Gasteiger partial charge in [-0.3, -0.25) is 9.59 Å². The summed E-state index contributed by atoms with van der Waals surface area (Å²) in [6.07, 6.45) is 0.668. The van der Waals surface area contributed by atoms with E-state index in [1.54, 1.807) is 18.2 Å². The number of benzene rings is 2. The number of methoxy groups -OCH3 is 1. The monoisotopic (exact) mass is 486 g/mol. The van der Waals surface area contributed by atoms with E-state index >= 15 is 0 Å². The minimum Gasteiger partial charge on any atom is -0.507 e. The molecule has 0 saturated carbocycles. The van der Waals surface area contributed by atoms with Crippen molar-refractivity contribution < 1.29 is 24.2 Å². The Bertz CT molecular complexity index is 1110. The van der Waals surface area contributed by atoms with Gasteiger partial charge in [-0.2, -0.15) is 0 Å². The normalized spacial score (nSPS) is 17.5. The number of aliphatic hydroxyl groups is 1. The minimum absolute atomic E-state index is 0.00321. The molecule has 0 spiro atoms. The lowest BCUT2D eigenvalue weighted by Gasteiger charge is -2.26. The first-order valence-electron chi connectivity index (χ1n) is 11.2. The maximum Gasteiger partial charge on any atom is 0.295 e. The maximum absolute atomic E-state index is 13.3. The van der Waals surface area contributed by atoms with Crippen LogP contribution >= 0.6 is 11.6 Å². The van der Waals surface area contributed by atoms with Crippen molar-refractivity contribution in [2.45, 2.75) is 26.3 Å². The number of aryl methyl sites for hydroxylation is 1. The van der Waals surface area contributed by atoms with Crippen LogP contribution in [0.2, 0.25) is 5.02 Å². The third-order valence-corrected chi connectivity index (χ3v) is 5.96. The molecule has 1 heterocycles. The number of Topliss-reactive ketones (excluding diaryl/α,β-unsaturated/α-hetero) is 1. The number of halogens is 1. The molecule has 1 aliphatic heterocycles. The van der Waals surface area contributed by atoms with Crippen LogP contribution in [0.1, 0.15) is 36.1 Å². The average molecular weight is 487 g/mol. The number of hydrogen-bond donors (Lipinski definition) is 1. The highest BCUT2D eigenvalue weighted by Gasteiger charge is 2.46. The van der Waals surface area contributed by atoms with Crippen molar-refractivity contribution in [3.63, 3.8) is 0 Å². The SMILES string of the molecule is CCOc1cccc(C2/C(=C(\O)c3cc(C)cc(Cl)c3OC)C(=O)C(=O)N2CCCN(C)C)c1. The van der Waals surface area contributed by atoms with Crippen molar-refractivity contribution in [2.75, 3.05) is 40.9 Å². The Morgan fingerprint density at radius 3 is 2.59 bits per heavy atom. The zero-order valence-electron chi connectivity index (χ0n) is 20.2. The van der Waals surface area contributed by atoms with Crippen LogP contribution in [0.15, 0.2) is 42.0 Å². The average Bonchev–Trinajstić information content (AvgIpc) is 3.03. The van der Waals surface area contributed by atoms with Gasteiger partial charge in [0.05, 0.1) is 35.9 Å².